The zero-order valence-corrected chi connectivity index (χ0v) is 10.5. The third-order valence-corrected chi connectivity index (χ3v) is 3.06. The average molecular weight is 247 g/mol. The summed E-state index contributed by atoms with van der Waals surface area (Å²) < 4.78 is 15.1. The van der Waals surface area contributed by atoms with Gasteiger partial charge in [-0.15, -0.1) is 0 Å². The Balaban J connectivity index is 2.64. The number of carboxylic acid groups (broad SMARTS) is 1. The third-order valence-electron chi connectivity index (χ3n) is 3.06. The number of carboxylic acids is 1. The molecule has 2 aromatic rings. The Morgan fingerprint density at radius 1 is 1.22 bits per heavy atom. The third kappa shape index (κ3) is 1.90. The molecule has 1 aromatic heterocycles. The molecule has 0 saturated carbocycles. The van der Waals surface area contributed by atoms with Crippen molar-refractivity contribution in [3.8, 4) is 5.69 Å². The fourth-order valence-electron chi connectivity index (χ4n) is 2.14. The smallest absolute Gasteiger partial charge is 0.337 e. The maximum Gasteiger partial charge on any atom is 0.337 e. The minimum Gasteiger partial charge on any atom is -0.478 e. The van der Waals surface area contributed by atoms with E-state index in [1.807, 2.05) is 11.5 Å². The molecule has 1 heterocycles. The SMILES string of the molecule is Cc1cc(-n2c(C)cc(C(=O)O)c2C)ccc1F. The van der Waals surface area contributed by atoms with Crippen LogP contribution in [0.1, 0.15) is 27.3 Å². The van der Waals surface area contributed by atoms with Gasteiger partial charge in [-0.2, -0.15) is 0 Å². The predicted octanol–water partition coefficient (Wildman–Crippen LogP) is 3.24. The summed E-state index contributed by atoms with van der Waals surface area (Å²) in [5, 5.41) is 9.08. The van der Waals surface area contributed by atoms with E-state index >= 15 is 0 Å². The van der Waals surface area contributed by atoms with Crippen molar-refractivity contribution in [2.75, 3.05) is 0 Å². The topological polar surface area (TPSA) is 42.2 Å². The van der Waals surface area contributed by atoms with Crippen LogP contribution >= 0.6 is 0 Å². The molecule has 0 aliphatic rings. The van der Waals surface area contributed by atoms with E-state index in [0.717, 1.165) is 11.4 Å². The molecule has 2 rings (SSSR count). The van der Waals surface area contributed by atoms with E-state index in [9.17, 15) is 9.18 Å². The number of nitrogens with zero attached hydrogens (tertiary/aromatic N) is 1. The van der Waals surface area contributed by atoms with E-state index in [0.29, 0.717) is 11.3 Å². The number of hydrogen-bond donors (Lipinski definition) is 1. The van der Waals surface area contributed by atoms with Gasteiger partial charge in [-0.3, -0.25) is 0 Å². The molecule has 0 radical (unpaired) electrons. The maximum absolute atomic E-state index is 13.2. The molecular formula is C14H14FNO2. The van der Waals surface area contributed by atoms with Crippen LogP contribution in [0, 0.1) is 26.6 Å². The van der Waals surface area contributed by atoms with Crippen LogP contribution in [0.25, 0.3) is 5.69 Å². The van der Waals surface area contributed by atoms with Crippen molar-refractivity contribution < 1.29 is 14.3 Å². The highest BCUT2D eigenvalue weighted by Gasteiger charge is 2.15. The quantitative estimate of drug-likeness (QED) is 0.885. The van der Waals surface area contributed by atoms with Gasteiger partial charge in [-0.25, -0.2) is 9.18 Å². The first-order valence-electron chi connectivity index (χ1n) is 5.60. The van der Waals surface area contributed by atoms with E-state index in [-0.39, 0.29) is 11.4 Å². The summed E-state index contributed by atoms with van der Waals surface area (Å²) >= 11 is 0. The van der Waals surface area contributed by atoms with Gasteiger partial charge in [-0.1, -0.05) is 0 Å². The van der Waals surface area contributed by atoms with E-state index in [1.165, 1.54) is 6.07 Å². The highest BCUT2D eigenvalue weighted by atomic mass is 19.1. The summed E-state index contributed by atoms with van der Waals surface area (Å²) in [4.78, 5) is 11.1. The summed E-state index contributed by atoms with van der Waals surface area (Å²) in [6.45, 7) is 5.26. The second-order valence-corrected chi connectivity index (χ2v) is 4.36. The summed E-state index contributed by atoms with van der Waals surface area (Å²) in [5.41, 5.74) is 3.05. The lowest BCUT2D eigenvalue weighted by atomic mass is 10.2. The lowest BCUT2D eigenvalue weighted by Gasteiger charge is -2.10. The van der Waals surface area contributed by atoms with Gasteiger partial charge < -0.3 is 9.67 Å². The minimum absolute atomic E-state index is 0.264. The molecule has 4 heteroatoms. The van der Waals surface area contributed by atoms with Crippen LogP contribution in [-0.4, -0.2) is 15.6 Å². The van der Waals surface area contributed by atoms with Crippen LogP contribution in [0.15, 0.2) is 24.3 Å². The molecule has 94 valence electrons. The van der Waals surface area contributed by atoms with Crippen molar-refractivity contribution in [3.05, 3.63) is 52.6 Å². The van der Waals surface area contributed by atoms with Crippen LogP contribution in [0.5, 0.6) is 0 Å². The Hall–Kier alpha value is -2.10. The fourth-order valence-corrected chi connectivity index (χ4v) is 2.14. The van der Waals surface area contributed by atoms with Gasteiger partial charge in [0.05, 0.1) is 5.56 Å². The zero-order valence-electron chi connectivity index (χ0n) is 10.5. The highest BCUT2D eigenvalue weighted by molar-refractivity contribution is 5.89. The van der Waals surface area contributed by atoms with Gasteiger partial charge in [0.25, 0.3) is 0 Å². The molecule has 1 aromatic carbocycles. The molecule has 18 heavy (non-hydrogen) atoms. The minimum atomic E-state index is -0.951. The van der Waals surface area contributed by atoms with Gasteiger partial charge in [0.2, 0.25) is 0 Å². The second kappa shape index (κ2) is 4.29. The van der Waals surface area contributed by atoms with E-state index in [4.69, 9.17) is 5.11 Å². The molecule has 0 atom stereocenters. The largest absolute Gasteiger partial charge is 0.478 e. The molecule has 0 bridgehead atoms. The monoisotopic (exact) mass is 247 g/mol. The maximum atomic E-state index is 13.2. The number of halogens is 1. The Morgan fingerprint density at radius 2 is 1.89 bits per heavy atom. The van der Waals surface area contributed by atoms with E-state index in [2.05, 4.69) is 0 Å². The zero-order chi connectivity index (χ0) is 13.4. The highest BCUT2D eigenvalue weighted by Crippen LogP contribution is 2.22. The lowest BCUT2D eigenvalue weighted by Crippen LogP contribution is -2.03. The number of rotatable bonds is 2. The number of hydrogen-bond acceptors (Lipinski definition) is 1. The van der Waals surface area contributed by atoms with Crippen molar-refractivity contribution in [1.82, 2.24) is 4.57 Å². The Morgan fingerprint density at radius 3 is 2.39 bits per heavy atom. The number of carbonyl (C=O) groups is 1. The van der Waals surface area contributed by atoms with Crippen molar-refractivity contribution in [2.45, 2.75) is 20.8 Å². The fraction of sp³-hybridized carbons (Fsp3) is 0.214. The van der Waals surface area contributed by atoms with Gasteiger partial charge in [0.15, 0.2) is 0 Å². The summed E-state index contributed by atoms with van der Waals surface area (Å²) in [6, 6.07) is 6.37. The predicted molar refractivity (Wildman–Crippen MR) is 66.9 cm³/mol. The number of aryl methyl sites for hydroxylation is 2. The Labute approximate surface area is 104 Å². The molecule has 0 spiro atoms. The Kier molecular flexibility index (Phi) is 2.95. The van der Waals surface area contributed by atoms with Crippen LogP contribution < -0.4 is 0 Å². The summed E-state index contributed by atoms with van der Waals surface area (Å²) in [6.07, 6.45) is 0. The molecular weight excluding hydrogens is 233 g/mol. The van der Waals surface area contributed by atoms with Gasteiger partial charge in [-0.05, 0) is 50.6 Å². The molecule has 0 aliphatic heterocycles. The molecule has 0 saturated heterocycles. The second-order valence-electron chi connectivity index (χ2n) is 4.36. The van der Waals surface area contributed by atoms with Gasteiger partial charge in [0.1, 0.15) is 5.82 Å². The number of benzene rings is 1. The molecule has 1 N–H and O–H groups in total. The van der Waals surface area contributed by atoms with Crippen molar-refractivity contribution in [3.63, 3.8) is 0 Å². The molecule has 3 nitrogen and oxygen atoms in total. The molecule has 0 aliphatic carbocycles. The van der Waals surface area contributed by atoms with Crippen molar-refractivity contribution in [1.29, 1.82) is 0 Å². The normalized spacial score (nSPS) is 10.7. The first-order chi connectivity index (χ1) is 8.41. The van der Waals surface area contributed by atoms with Crippen molar-refractivity contribution >= 4 is 5.97 Å². The molecule has 0 amide bonds. The number of aromatic carboxylic acids is 1. The standard InChI is InChI=1S/C14H14FNO2/c1-8-6-11(4-5-13(8)15)16-9(2)7-12(10(16)3)14(17)18/h4-7H,1-3H3,(H,17,18). The van der Waals surface area contributed by atoms with Crippen LogP contribution in [-0.2, 0) is 0 Å². The van der Waals surface area contributed by atoms with E-state index in [1.54, 1.807) is 32.0 Å². The average Bonchev–Trinajstić information content (AvgIpc) is 2.59. The summed E-state index contributed by atoms with van der Waals surface area (Å²) in [7, 11) is 0. The molecule has 0 fully saturated rings. The Bertz CT molecular complexity index is 629. The first kappa shape index (κ1) is 12.4. The van der Waals surface area contributed by atoms with Crippen molar-refractivity contribution in [2.24, 2.45) is 0 Å². The van der Waals surface area contributed by atoms with Crippen LogP contribution in [0.2, 0.25) is 0 Å². The van der Waals surface area contributed by atoms with Gasteiger partial charge in [0, 0.05) is 17.1 Å². The van der Waals surface area contributed by atoms with Crippen LogP contribution in [0.4, 0.5) is 4.39 Å². The van der Waals surface area contributed by atoms with E-state index < -0.39 is 5.97 Å². The first-order valence-corrected chi connectivity index (χ1v) is 5.60. The summed E-state index contributed by atoms with van der Waals surface area (Å²) in [5.74, 6) is -1.21. The number of aromatic nitrogens is 1. The lowest BCUT2D eigenvalue weighted by molar-refractivity contribution is 0.0696. The molecule has 0 unspecified atom stereocenters. The van der Waals surface area contributed by atoms with Gasteiger partial charge >= 0.3 is 5.97 Å². The van der Waals surface area contributed by atoms with Crippen LogP contribution in [0.3, 0.4) is 0 Å².